The van der Waals surface area contributed by atoms with Crippen molar-refractivity contribution >= 4 is 35.1 Å². The minimum Gasteiger partial charge on any atom is -0.478 e. The van der Waals surface area contributed by atoms with Gasteiger partial charge in [0.15, 0.2) is 34.5 Å². The van der Waals surface area contributed by atoms with E-state index in [0.29, 0.717) is 14.0 Å². The Hall–Kier alpha value is -6.72. The van der Waals surface area contributed by atoms with Gasteiger partial charge in [-0.3, -0.25) is 4.79 Å². The fraction of sp³-hybridized carbons (Fsp3) is 0.314. The minimum atomic E-state index is -6.14. The Balaban J connectivity index is 0.000000222. The van der Waals surface area contributed by atoms with Crippen LogP contribution in [0.2, 0.25) is 10.3 Å². The molecule has 6 heterocycles. The Morgan fingerprint density at radius 2 is 1.06 bits per heavy atom. The van der Waals surface area contributed by atoms with Gasteiger partial charge >= 0.3 is 43.4 Å². The molecule has 0 aromatic carbocycles. The maximum absolute atomic E-state index is 14.0. The highest BCUT2D eigenvalue weighted by Crippen LogP contribution is 2.50. The summed E-state index contributed by atoms with van der Waals surface area (Å²) in [5, 5.41) is 25.1. The number of nitrogens with one attached hydrogen (secondary N) is 1. The van der Waals surface area contributed by atoms with Crippen molar-refractivity contribution in [2.24, 2.45) is 14.1 Å². The van der Waals surface area contributed by atoms with Crippen molar-refractivity contribution in [3.05, 3.63) is 82.1 Å². The van der Waals surface area contributed by atoms with Gasteiger partial charge < -0.3 is 19.9 Å². The number of rotatable bonds is 13. The Bertz CT molecular complexity index is 2820. The lowest BCUT2D eigenvalue weighted by molar-refractivity contribution is -0.291. The number of halogens is 16. The molecule has 32 heteroatoms. The highest BCUT2D eigenvalue weighted by Gasteiger charge is 2.64. The number of aromatic nitrogens is 10. The molecule has 0 unspecified atom stereocenters. The summed E-state index contributed by atoms with van der Waals surface area (Å²) in [6.45, 7) is -7.49. The normalized spacial score (nSPS) is 13.5. The lowest BCUT2D eigenvalue weighted by atomic mass is 10.1. The topological polar surface area (TPSA) is 182 Å². The summed E-state index contributed by atoms with van der Waals surface area (Å²) >= 11 is 11.7. The fourth-order valence-corrected chi connectivity index (χ4v) is 6.13. The van der Waals surface area contributed by atoms with E-state index >= 15 is 0 Å². The number of carboxylic acid groups (broad SMARTS) is 1. The number of aryl methyl sites for hydroxylation is 2. The molecule has 360 valence electrons. The summed E-state index contributed by atoms with van der Waals surface area (Å²) in [7, 11) is 1.87. The van der Waals surface area contributed by atoms with Crippen molar-refractivity contribution in [3.8, 4) is 45.4 Å². The molecule has 67 heavy (non-hydrogen) atoms. The van der Waals surface area contributed by atoms with Gasteiger partial charge in [0.1, 0.15) is 10.3 Å². The number of aromatic carboxylic acids is 1. The molecule has 1 saturated carbocycles. The van der Waals surface area contributed by atoms with Crippen LogP contribution in [0.15, 0.2) is 49.3 Å². The molecule has 16 nitrogen and oxygen atoms in total. The number of carbonyl (C=O) groups is 2. The number of pyridine rings is 2. The number of hydrogen-bond donors (Lipinski definition) is 2. The van der Waals surface area contributed by atoms with Crippen LogP contribution in [-0.4, -0.2) is 97.7 Å². The molecule has 1 aliphatic carbocycles. The van der Waals surface area contributed by atoms with E-state index in [1.165, 1.54) is 12.3 Å². The highest BCUT2D eigenvalue weighted by atomic mass is 35.5. The summed E-state index contributed by atoms with van der Waals surface area (Å²) in [4.78, 5) is 31.2. The Morgan fingerprint density at radius 1 is 0.672 bits per heavy atom. The van der Waals surface area contributed by atoms with Gasteiger partial charge in [0.25, 0.3) is 5.91 Å². The molecule has 0 bridgehead atoms. The highest BCUT2D eigenvalue weighted by molar-refractivity contribution is 6.33. The summed E-state index contributed by atoms with van der Waals surface area (Å²) in [5.41, 5.74) is -3.76. The third-order valence-electron chi connectivity index (χ3n) is 9.00. The second-order valence-electron chi connectivity index (χ2n) is 13.7. The van der Waals surface area contributed by atoms with Crippen molar-refractivity contribution in [2.75, 3.05) is 0 Å². The van der Waals surface area contributed by atoms with Crippen molar-refractivity contribution in [2.45, 2.75) is 56.3 Å². The third-order valence-corrected chi connectivity index (χ3v) is 9.60. The number of nitrogens with zero attached hydrogens (tertiary/aromatic N) is 10. The Kier molecular flexibility index (Phi) is 13.5. The number of ether oxygens (including phenoxy) is 2. The average Bonchev–Trinajstić information content (AvgIpc) is 3.50. The molecule has 0 saturated heterocycles. The largest absolute Gasteiger partial charge is 0.478 e. The summed E-state index contributed by atoms with van der Waals surface area (Å²) in [5.74, 6) is -17.6. The zero-order valence-electron chi connectivity index (χ0n) is 32.9. The monoisotopic (exact) mass is 1010 g/mol. The van der Waals surface area contributed by atoms with Gasteiger partial charge in [-0.15, -0.1) is 0 Å². The standard InChI is InChI=1S/C19H14ClF7N6O2.C16H9ClF7N5O3/c1-32-16(12(35-17(21)22)13(31-32)18(23,24)19(25,26)27)33-7-9(6-29-33)8-4-11(14(20)28-5-8)15(34)30-10-2-3-10;1-28-12(9(32-14(18)19)10(27-28)15(20,21)16(22,23)24)29-5-7(4-26-29)6-2-8(13(30)31)11(17)25-3-6/h4-7,10,17H,2-3H2,1H3,(H,30,34);2-5,14H,1H3,(H,30,31). The number of carboxylic acids is 1. The van der Waals surface area contributed by atoms with Crippen LogP contribution in [0.5, 0.6) is 11.5 Å². The van der Waals surface area contributed by atoms with Crippen LogP contribution in [0.3, 0.4) is 0 Å². The van der Waals surface area contributed by atoms with Crippen LogP contribution in [0.25, 0.3) is 33.9 Å². The molecule has 7 rings (SSSR count). The van der Waals surface area contributed by atoms with Crippen LogP contribution in [0.4, 0.5) is 61.5 Å². The third kappa shape index (κ3) is 10.2. The van der Waals surface area contributed by atoms with Gasteiger partial charge in [0, 0.05) is 67.2 Å². The van der Waals surface area contributed by atoms with E-state index < -0.39 is 83.8 Å². The molecule has 1 amide bonds. The molecule has 2 N–H and O–H groups in total. The molecular formula is C35H23Cl2F14N11O5. The van der Waals surface area contributed by atoms with Gasteiger partial charge in [0.05, 0.1) is 23.5 Å². The van der Waals surface area contributed by atoms with E-state index in [-0.39, 0.29) is 49.7 Å². The Morgan fingerprint density at radius 3 is 1.42 bits per heavy atom. The van der Waals surface area contributed by atoms with Gasteiger partial charge in [-0.25, -0.2) is 33.5 Å². The van der Waals surface area contributed by atoms with Crippen LogP contribution in [-0.2, 0) is 25.9 Å². The predicted octanol–water partition coefficient (Wildman–Crippen LogP) is 8.74. The molecule has 6 aromatic rings. The van der Waals surface area contributed by atoms with Crippen molar-refractivity contribution in [3.63, 3.8) is 0 Å². The van der Waals surface area contributed by atoms with Crippen LogP contribution in [0, 0.1) is 0 Å². The first-order valence-corrected chi connectivity index (χ1v) is 18.7. The molecule has 6 aromatic heterocycles. The minimum absolute atomic E-state index is 0.0343. The van der Waals surface area contributed by atoms with E-state index in [4.69, 9.17) is 28.3 Å². The molecule has 0 radical (unpaired) electrons. The second-order valence-corrected chi connectivity index (χ2v) is 14.4. The molecular weight excluding hydrogens is 991 g/mol. The summed E-state index contributed by atoms with van der Waals surface area (Å²) in [6.07, 6.45) is -3.86. The van der Waals surface area contributed by atoms with Gasteiger partial charge in [-0.05, 0) is 25.0 Å². The maximum atomic E-state index is 14.0. The van der Waals surface area contributed by atoms with Crippen molar-refractivity contribution in [1.82, 2.24) is 54.4 Å². The van der Waals surface area contributed by atoms with E-state index in [1.54, 1.807) is 0 Å². The number of amides is 1. The maximum Gasteiger partial charge on any atom is 0.459 e. The molecule has 0 atom stereocenters. The number of hydrogen-bond acceptors (Lipinski definition) is 10. The first-order valence-electron chi connectivity index (χ1n) is 17.9. The smallest absolute Gasteiger partial charge is 0.459 e. The zero-order valence-corrected chi connectivity index (χ0v) is 34.4. The SMILES string of the molecule is Cn1nc(C(F)(F)C(F)(F)F)c(OC(F)F)c1-n1cc(-c2cnc(Cl)c(C(=O)NC3CC3)c2)cn1.Cn1nc(C(F)(F)C(F)(F)F)c(OC(F)F)c1-n1cc(-c2cnc(Cl)c(C(=O)O)c2)cn1. The second kappa shape index (κ2) is 18.2. The van der Waals surface area contributed by atoms with E-state index in [2.05, 4.69) is 45.2 Å². The van der Waals surface area contributed by atoms with Gasteiger partial charge in [-0.2, -0.15) is 81.9 Å². The van der Waals surface area contributed by atoms with Gasteiger partial charge in [-0.1, -0.05) is 23.2 Å². The van der Waals surface area contributed by atoms with E-state index in [0.717, 1.165) is 68.7 Å². The van der Waals surface area contributed by atoms with Crippen molar-refractivity contribution < 1.29 is 85.6 Å². The van der Waals surface area contributed by atoms with E-state index in [9.17, 15) is 71.1 Å². The molecule has 0 aliphatic heterocycles. The quantitative estimate of drug-likeness (QED) is 0.0834. The molecule has 1 fully saturated rings. The van der Waals surface area contributed by atoms with Gasteiger partial charge in [0.2, 0.25) is 0 Å². The van der Waals surface area contributed by atoms with Crippen LogP contribution >= 0.6 is 23.2 Å². The number of alkyl halides is 14. The first-order chi connectivity index (χ1) is 31.0. The predicted molar refractivity (Wildman–Crippen MR) is 198 cm³/mol. The average molecular weight is 1010 g/mol. The lowest BCUT2D eigenvalue weighted by Gasteiger charge is -2.18. The number of carbonyl (C=O) groups excluding carboxylic acids is 1. The molecule has 0 spiro atoms. The van der Waals surface area contributed by atoms with Crippen LogP contribution in [0.1, 0.15) is 44.9 Å². The van der Waals surface area contributed by atoms with Crippen molar-refractivity contribution in [1.29, 1.82) is 0 Å². The first kappa shape index (κ1) is 49.7. The summed E-state index contributed by atoms with van der Waals surface area (Å²) < 4.78 is 195. The zero-order chi connectivity index (χ0) is 49.7. The molecule has 1 aliphatic rings. The fourth-order valence-electron chi connectivity index (χ4n) is 5.76. The lowest BCUT2D eigenvalue weighted by Crippen LogP contribution is -2.34. The summed E-state index contributed by atoms with van der Waals surface area (Å²) in [6, 6.07) is 2.51. The van der Waals surface area contributed by atoms with E-state index in [1.807, 2.05) is 0 Å². The Labute approximate surface area is 372 Å². The van der Waals surface area contributed by atoms with Crippen LogP contribution < -0.4 is 14.8 Å².